The fraction of sp³-hybridized carbons (Fsp3) is 0.357. The van der Waals surface area contributed by atoms with Crippen LogP contribution in [-0.2, 0) is 11.3 Å². The van der Waals surface area contributed by atoms with Crippen LogP contribution in [0.3, 0.4) is 0 Å². The number of aliphatic carboxylic acids is 1. The number of benzene rings is 1. The number of hydrogen-bond donors (Lipinski definition) is 1. The van der Waals surface area contributed by atoms with Crippen LogP contribution in [0.1, 0.15) is 20.3 Å². The molecule has 1 aromatic carbocycles. The molecule has 0 amide bonds. The van der Waals surface area contributed by atoms with Gasteiger partial charge in [0.25, 0.3) is 0 Å². The summed E-state index contributed by atoms with van der Waals surface area (Å²) in [7, 11) is 0. The average Bonchev–Trinajstić information content (AvgIpc) is 2.68. The summed E-state index contributed by atoms with van der Waals surface area (Å²) in [6, 6.07) is 6.46. The second kappa shape index (κ2) is 4.44. The first-order valence-electron chi connectivity index (χ1n) is 5.88. The Kier molecular flexibility index (Phi) is 3.11. The van der Waals surface area contributed by atoms with Crippen LogP contribution >= 0.6 is 0 Å². The molecular weight excluding hydrogens is 233 g/mol. The summed E-state index contributed by atoms with van der Waals surface area (Å²) in [6.45, 7) is 4.02. The van der Waals surface area contributed by atoms with Gasteiger partial charge < -0.3 is 9.67 Å². The van der Waals surface area contributed by atoms with Gasteiger partial charge in [-0.1, -0.05) is 0 Å². The molecule has 0 spiro atoms. The Balaban J connectivity index is 2.20. The third-order valence-corrected chi connectivity index (χ3v) is 3.29. The minimum atomic E-state index is -0.801. The third-order valence-electron chi connectivity index (χ3n) is 3.29. The number of nitrogens with zero attached hydrogens (tertiary/aromatic N) is 1. The zero-order valence-electron chi connectivity index (χ0n) is 10.5. The molecule has 3 nitrogen and oxygen atoms in total. The van der Waals surface area contributed by atoms with Crippen LogP contribution in [0, 0.1) is 11.2 Å². The fourth-order valence-corrected chi connectivity index (χ4v) is 1.87. The lowest BCUT2D eigenvalue weighted by Crippen LogP contribution is -2.25. The van der Waals surface area contributed by atoms with E-state index in [1.807, 2.05) is 16.8 Å². The molecule has 0 atom stereocenters. The minimum Gasteiger partial charge on any atom is -0.481 e. The van der Waals surface area contributed by atoms with E-state index < -0.39 is 11.4 Å². The molecule has 0 fully saturated rings. The maximum absolute atomic E-state index is 13.0. The van der Waals surface area contributed by atoms with Crippen molar-refractivity contribution < 1.29 is 14.3 Å². The summed E-state index contributed by atoms with van der Waals surface area (Å²) >= 11 is 0. The molecular formula is C14H16FNO2. The number of carboxylic acids is 1. The first-order chi connectivity index (χ1) is 8.40. The largest absolute Gasteiger partial charge is 0.481 e. The number of halogens is 1. The van der Waals surface area contributed by atoms with Gasteiger partial charge in [0.15, 0.2) is 0 Å². The van der Waals surface area contributed by atoms with Gasteiger partial charge in [-0.2, -0.15) is 0 Å². The highest BCUT2D eigenvalue weighted by Crippen LogP contribution is 2.24. The molecule has 0 saturated heterocycles. The lowest BCUT2D eigenvalue weighted by Gasteiger charge is -2.19. The molecule has 96 valence electrons. The minimum absolute atomic E-state index is 0.258. The van der Waals surface area contributed by atoms with Gasteiger partial charge in [0.1, 0.15) is 5.82 Å². The van der Waals surface area contributed by atoms with Gasteiger partial charge in [-0.15, -0.1) is 0 Å². The normalized spacial score (nSPS) is 11.9. The molecule has 0 saturated carbocycles. The molecule has 18 heavy (non-hydrogen) atoms. The standard InChI is InChI=1S/C14H16FNO2/c1-14(2,13(17)18)6-8-16-7-5-10-9-11(15)3-4-12(10)16/h3-5,7,9H,6,8H2,1-2H3,(H,17,18). The Morgan fingerprint density at radius 2 is 2.11 bits per heavy atom. The molecule has 1 N–H and O–H groups in total. The summed E-state index contributed by atoms with van der Waals surface area (Å²) < 4.78 is 15.0. The van der Waals surface area contributed by atoms with Crippen molar-refractivity contribution >= 4 is 16.9 Å². The number of hydrogen-bond acceptors (Lipinski definition) is 1. The molecule has 4 heteroatoms. The summed E-state index contributed by atoms with van der Waals surface area (Å²) in [5.41, 5.74) is 0.175. The first-order valence-corrected chi connectivity index (χ1v) is 5.88. The van der Waals surface area contributed by atoms with Crippen LogP contribution in [0.4, 0.5) is 4.39 Å². The van der Waals surface area contributed by atoms with Gasteiger partial charge in [-0.3, -0.25) is 4.79 Å². The Bertz CT molecular complexity index is 586. The van der Waals surface area contributed by atoms with Crippen molar-refractivity contribution in [3.63, 3.8) is 0 Å². The number of aromatic nitrogens is 1. The lowest BCUT2D eigenvalue weighted by atomic mass is 9.89. The van der Waals surface area contributed by atoms with Crippen LogP contribution in [0.2, 0.25) is 0 Å². The monoisotopic (exact) mass is 249 g/mol. The molecule has 2 aromatic rings. The van der Waals surface area contributed by atoms with Gasteiger partial charge in [0, 0.05) is 23.6 Å². The van der Waals surface area contributed by atoms with Gasteiger partial charge in [-0.25, -0.2) is 4.39 Å². The predicted molar refractivity (Wildman–Crippen MR) is 67.9 cm³/mol. The summed E-state index contributed by atoms with van der Waals surface area (Å²) in [4.78, 5) is 11.0. The van der Waals surface area contributed by atoms with E-state index >= 15 is 0 Å². The van der Waals surface area contributed by atoms with E-state index in [-0.39, 0.29) is 5.82 Å². The van der Waals surface area contributed by atoms with E-state index in [1.54, 1.807) is 19.9 Å². The van der Waals surface area contributed by atoms with Crippen molar-refractivity contribution in [2.24, 2.45) is 5.41 Å². The number of aryl methyl sites for hydroxylation is 1. The van der Waals surface area contributed by atoms with Crippen LogP contribution < -0.4 is 0 Å². The average molecular weight is 249 g/mol. The topological polar surface area (TPSA) is 42.2 Å². The van der Waals surface area contributed by atoms with Gasteiger partial charge in [-0.05, 0) is 44.5 Å². The molecule has 0 aliphatic carbocycles. The molecule has 0 unspecified atom stereocenters. The maximum atomic E-state index is 13.0. The summed E-state index contributed by atoms with van der Waals surface area (Å²) in [5.74, 6) is -1.06. The van der Waals surface area contributed by atoms with Crippen LogP contribution in [0.15, 0.2) is 30.5 Å². The Morgan fingerprint density at radius 3 is 2.78 bits per heavy atom. The molecule has 0 aliphatic heterocycles. The Labute approximate surface area is 105 Å². The maximum Gasteiger partial charge on any atom is 0.309 e. The molecule has 0 bridgehead atoms. The van der Waals surface area contributed by atoms with E-state index in [2.05, 4.69) is 0 Å². The van der Waals surface area contributed by atoms with Gasteiger partial charge in [0.2, 0.25) is 0 Å². The third kappa shape index (κ3) is 2.37. The van der Waals surface area contributed by atoms with Crippen molar-refractivity contribution in [3.8, 4) is 0 Å². The molecule has 0 aliphatic rings. The van der Waals surface area contributed by atoms with Crippen LogP contribution in [0.25, 0.3) is 10.9 Å². The van der Waals surface area contributed by atoms with Gasteiger partial charge >= 0.3 is 5.97 Å². The highest BCUT2D eigenvalue weighted by atomic mass is 19.1. The van der Waals surface area contributed by atoms with Crippen LogP contribution in [-0.4, -0.2) is 15.6 Å². The number of fused-ring (bicyclic) bond motifs is 1. The van der Waals surface area contributed by atoms with Crippen molar-refractivity contribution in [2.75, 3.05) is 0 Å². The lowest BCUT2D eigenvalue weighted by molar-refractivity contribution is -0.147. The number of rotatable bonds is 4. The summed E-state index contributed by atoms with van der Waals surface area (Å²) in [6.07, 6.45) is 2.39. The fourth-order valence-electron chi connectivity index (χ4n) is 1.87. The van der Waals surface area contributed by atoms with Crippen molar-refractivity contribution in [1.82, 2.24) is 4.57 Å². The van der Waals surface area contributed by atoms with Gasteiger partial charge in [0.05, 0.1) is 5.41 Å². The van der Waals surface area contributed by atoms with Crippen LogP contribution in [0.5, 0.6) is 0 Å². The Hall–Kier alpha value is -1.84. The van der Waals surface area contributed by atoms with E-state index in [9.17, 15) is 9.18 Å². The van der Waals surface area contributed by atoms with E-state index in [1.165, 1.54) is 12.1 Å². The molecule has 1 heterocycles. The highest BCUT2D eigenvalue weighted by Gasteiger charge is 2.26. The van der Waals surface area contributed by atoms with Crippen molar-refractivity contribution in [1.29, 1.82) is 0 Å². The smallest absolute Gasteiger partial charge is 0.309 e. The zero-order chi connectivity index (χ0) is 13.3. The predicted octanol–water partition coefficient (Wildman–Crippen LogP) is 3.28. The SMILES string of the molecule is CC(C)(CCn1ccc2cc(F)ccc21)C(=O)O. The van der Waals surface area contributed by atoms with E-state index in [4.69, 9.17) is 5.11 Å². The molecule has 2 rings (SSSR count). The number of carbonyl (C=O) groups is 1. The molecule has 1 aromatic heterocycles. The zero-order valence-corrected chi connectivity index (χ0v) is 10.5. The van der Waals surface area contributed by atoms with Crippen molar-refractivity contribution in [3.05, 3.63) is 36.3 Å². The second-order valence-electron chi connectivity index (χ2n) is 5.15. The van der Waals surface area contributed by atoms with E-state index in [0.717, 1.165) is 10.9 Å². The Morgan fingerprint density at radius 1 is 1.39 bits per heavy atom. The quantitative estimate of drug-likeness (QED) is 0.903. The van der Waals surface area contributed by atoms with Crippen molar-refractivity contribution in [2.45, 2.75) is 26.8 Å². The number of carboxylic acid groups (broad SMARTS) is 1. The summed E-state index contributed by atoms with van der Waals surface area (Å²) in [5, 5.41) is 9.90. The second-order valence-corrected chi connectivity index (χ2v) is 5.15. The molecule has 0 radical (unpaired) electrons. The first kappa shape index (κ1) is 12.6. The van der Waals surface area contributed by atoms with E-state index in [0.29, 0.717) is 13.0 Å². The highest BCUT2D eigenvalue weighted by molar-refractivity contribution is 5.80.